The van der Waals surface area contributed by atoms with E-state index in [9.17, 15) is 0 Å². The molecule has 1 aliphatic heterocycles. The average Bonchev–Trinajstić information content (AvgIpc) is 2.71. The maximum Gasteiger partial charge on any atom is 0.122 e. The van der Waals surface area contributed by atoms with Crippen molar-refractivity contribution < 1.29 is 9.47 Å². The molecule has 1 saturated heterocycles. The molecule has 0 aromatic heterocycles. The second-order valence-corrected chi connectivity index (χ2v) is 4.50. The van der Waals surface area contributed by atoms with Crippen molar-refractivity contribution in [2.24, 2.45) is 5.92 Å². The number of methoxy groups -OCH3 is 1. The Bertz CT molecular complexity index is 382. The highest BCUT2D eigenvalue weighted by Gasteiger charge is 2.23. The Balaban J connectivity index is 1.96. The van der Waals surface area contributed by atoms with Crippen LogP contribution in [-0.4, -0.2) is 26.4 Å². The second kappa shape index (κ2) is 5.27. The molecule has 2 unspecified atom stereocenters. The number of nitrogens with two attached hydrogens (primary N) is 1. The molecule has 0 spiro atoms. The summed E-state index contributed by atoms with van der Waals surface area (Å²) in [5.41, 5.74) is 7.51. The molecule has 0 aliphatic carbocycles. The topological polar surface area (TPSA) is 56.5 Å². The first-order chi connectivity index (χ1) is 8.19. The molecule has 4 nitrogen and oxygen atoms in total. The zero-order valence-electron chi connectivity index (χ0n) is 10.4. The van der Waals surface area contributed by atoms with Crippen molar-refractivity contribution in [3.63, 3.8) is 0 Å². The fourth-order valence-corrected chi connectivity index (χ4v) is 2.14. The monoisotopic (exact) mass is 236 g/mol. The fraction of sp³-hybridized carbons (Fsp3) is 0.538. The Hall–Kier alpha value is -1.42. The van der Waals surface area contributed by atoms with E-state index in [4.69, 9.17) is 15.2 Å². The standard InChI is InChI=1S/C13H20N2O2/c1-9-10(3-4-17-9)8-15-12-5-11(14)6-13(7-12)16-2/h5-7,9-10,15H,3-4,8,14H2,1-2H3. The SMILES string of the molecule is COc1cc(N)cc(NCC2CCOC2C)c1. The van der Waals surface area contributed by atoms with Crippen molar-refractivity contribution >= 4 is 11.4 Å². The number of nitrogens with one attached hydrogen (secondary N) is 1. The smallest absolute Gasteiger partial charge is 0.122 e. The van der Waals surface area contributed by atoms with E-state index in [0.717, 1.165) is 31.0 Å². The Labute approximate surface area is 102 Å². The zero-order chi connectivity index (χ0) is 12.3. The van der Waals surface area contributed by atoms with E-state index >= 15 is 0 Å². The van der Waals surface area contributed by atoms with Crippen molar-refractivity contribution in [2.45, 2.75) is 19.4 Å². The molecule has 1 fully saturated rings. The van der Waals surface area contributed by atoms with Gasteiger partial charge in [0.25, 0.3) is 0 Å². The number of rotatable bonds is 4. The molecule has 1 aromatic carbocycles. The lowest BCUT2D eigenvalue weighted by atomic mass is 10.0. The molecule has 17 heavy (non-hydrogen) atoms. The van der Waals surface area contributed by atoms with Crippen LogP contribution in [0.5, 0.6) is 5.75 Å². The normalized spacial score (nSPS) is 23.6. The third kappa shape index (κ3) is 3.03. The fourth-order valence-electron chi connectivity index (χ4n) is 2.14. The van der Waals surface area contributed by atoms with Crippen molar-refractivity contribution in [1.82, 2.24) is 0 Å². The summed E-state index contributed by atoms with van der Waals surface area (Å²) in [6.45, 7) is 3.90. The molecule has 94 valence electrons. The molecular formula is C13H20N2O2. The lowest BCUT2D eigenvalue weighted by Crippen LogP contribution is -2.20. The van der Waals surface area contributed by atoms with E-state index in [0.29, 0.717) is 17.7 Å². The Morgan fingerprint density at radius 3 is 2.94 bits per heavy atom. The Kier molecular flexibility index (Phi) is 3.74. The first kappa shape index (κ1) is 12.0. The van der Waals surface area contributed by atoms with Crippen LogP contribution in [0.15, 0.2) is 18.2 Å². The minimum atomic E-state index is 0.338. The van der Waals surface area contributed by atoms with E-state index in [1.54, 1.807) is 7.11 Å². The van der Waals surface area contributed by atoms with Gasteiger partial charge in [0, 0.05) is 42.6 Å². The van der Waals surface area contributed by atoms with Crippen molar-refractivity contribution in [3.05, 3.63) is 18.2 Å². The summed E-state index contributed by atoms with van der Waals surface area (Å²) < 4.78 is 10.7. The van der Waals surface area contributed by atoms with Gasteiger partial charge in [0.2, 0.25) is 0 Å². The van der Waals surface area contributed by atoms with Gasteiger partial charge < -0.3 is 20.5 Å². The highest BCUT2D eigenvalue weighted by Crippen LogP contribution is 2.24. The number of hydrogen-bond donors (Lipinski definition) is 2. The zero-order valence-corrected chi connectivity index (χ0v) is 10.4. The van der Waals surface area contributed by atoms with Gasteiger partial charge >= 0.3 is 0 Å². The molecule has 2 atom stereocenters. The molecule has 4 heteroatoms. The number of nitrogen functional groups attached to an aromatic ring is 1. The number of ether oxygens (including phenoxy) is 2. The summed E-state index contributed by atoms with van der Waals surface area (Å²) >= 11 is 0. The lowest BCUT2D eigenvalue weighted by molar-refractivity contribution is 0.108. The van der Waals surface area contributed by atoms with Crippen LogP contribution in [0.25, 0.3) is 0 Å². The molecule has 3 N–H and O–H groups in total. The first-order valence-electron chi connectivity index (χ1n) is 5.99. The number of benzene rings is 1. The largest absolute Gasteiger partial charge is 0.497 e. The van der Waals surface area contributed by atoms with Gasteiger partial charge in [0.05, 0.1) is 13.2 Å². The summed E-state index contributed by atoms with van der Waals surface area (Å²) in [6.07, 6.45) is 1.46. The maximum absolute atomic E-state index is 5.80. The van der Waals surface area contributed by atoms with Crippen LogP contribution in [-0.2, 0) is 4.74 Å². The lowest BCUT2D eigenvalue weighted by Gasteiger charge is -2.16. The van der Waals surface area contributed by atoms with E-state index in [1.165, 1.54) is 0 Å². The minimum Gasteiger partial charge on any atom is -0.497 e. The molecule has 0 radical (unpaired) electrons. The predicted molar refractivity (Wildman–Crippen MR) is 69.4 cm³/mol. The summed E-state index contributed by atoms with van der Waals surface area (Å²) in [4.78, 5) is 0. The van der Waals surface area contributed by atoms with Crippen molar-refractivity contribution in [3.8, 4) is 5.75 Å². The predicted octanol–water partition coefficient (Wildman–Crippen LogP) is 2.11. The number of anilines is 2. The highest BCUT2D eigenvalue weighted by atomic mass is 16.5. The van der Waals surface area contributed by atoms with E-state index in [-0.39, 0.29) is 0 Å². The quantitative estimate of drug-likeness (QED) is 0.786. The van der Waals surface area contributed by atoms with Crippen LogP contribution in [0.3, 0.4) is 0 Å². The van der Waals surface area contributed by atoms with E-state index < -0.39 is 0 Å². The van der Waals surface area contributed by atoms with Crippen LogP contribution in [0.2, 0.25) is 0 Å². The van der Waals surface area contributed by atoms with Gasteiger partial charge in [-0.2, -0.15) is 0 Å². The highest BCUT2D eigenvalue weighted by molar-refractivity contribution is 5.59. The number of hydrogen-bond acceptors (Lipinski definition) is 4. The van der Waals surface area contributed by atoms with Crippen molar-refractivity contribution in [2.75, 3.05) is 31.3 Å². The summed E-state index contributed by atoms with van der Waals surface area (Å²) in [5.74, 6) is 1.35. The second-order valence-electron chi connectivity index (χ2n) is 4.50. The summed E-state index contributed by atoms with van der Waals surface area (Å²) in [7, 11) is 1.64. The average molecular weight is 236 g/mol. The molecular weight excluding hydrogens is 216 g/mol. The van der Waals surface area contributed by atoms with Crippen LogP contribution in [0, 0.1) is 5.92 Å². The van der Waals surface area contributed by atoms with Gasteiger partial charge in [0.15, 0.2) is 0 Å². The third-order valence-electron chi connectivity index (χ3n) is 3.27. The van der Waals surface area contributed by atoms with Crippen LogP contribution < -0.4 is 15.8 Å². The molecule has 0 amide bonds. The molecule has 1 aromatic rings. The van der Waals surface area contributed by atoms with Gasteiger partial charge in [-0.15, -0.1) is 0 Å². The molecule has 0 saturated carbocycles. The maximum atomic E-state index is 5.80. The molecule has 1 aliphatic rings. The van der Waals surface area contributed by atoms with Crippen LogP contribution >= 0.6 is 0 Å². The Morgan fingerprint density at radius 1 is 1.47 bits per heavy atom. The molecule has 1 heterocycles. The van der Waals surface area contributed by atoms with Gasteiger partial charge in [-0.05, 0) is 19.4 Å². The third-order valence-corrected chi connectivity index (χ3v) is 3.27. The van der Waals surface area contributed by atoms with E-state index in [2.05, 4.69) is 12.2 Å². The van der Waals surface area contributed by atoms with Gasteiger partial charge in [-0.25, -0.2) is 0 Å². The molecule has 0 bridgehead atoms. The Morgan fingerprint density at radius 2 is 2.29 bits per heavy atom. The first-order valence-corrected chi connectivity index (χ1v) is 5.99. The summed E-state index contributed by atoms with van der Waals surface area (Å²) in [5, 5.41) is 3.39. The van der Waals surface area contributed by atoms with Crippen molar-refractivity contribution in [1.29, 1.82) is 0 Å². The summed E-state index contributed by atoms with van der Waals surface area (Å²) in [6, 6.07) is 5.69. The van der Waals surface area contributed by atoms with Crippen LogP contribution in [0.4, 0.5) is 11.4 Å². The van der Waals surface area contributed by atoms with Gasteiger partial charge in [-0.3, -0.25) is 0 Å². The molecule has 2 rings (SSSR count). The van der Waals surface area contributed by atoms with E-state index in [1.807, 2.05) is 18.2 Å². The van der Waals surface area contributed by atoms with Gasteiger partial charge in [-0.1, -0.05) is 0 Å². The van der Waals surface area contributed by atoms with Crippen LogP contribution in [0.1, 0.15) is 13.3 Å². The minimum absolute atomic E-state index is 0.338. The van der Waals surface area contributed by atoms with Gasteiger partial charge in [0.1, 0.15) is 5.75 Å².